The fraction of sp³-hybridized carbons (Fsp3) is 0.182. The Morgan fingerprint density at radius 3 is 3.00 bits per heavy atom. The monoisotopic (exact) mass is 293 g/mol. The first-order chi connectivity index (χ1) is 8.11. The summed E-state index contributed by atoms with van der Waals surface area (Å²) in [5.74, 6) is -0.296. The summed E-state index contributed by atoms with van der Waals surface area (Å²) in [6.45, 7) is 0. The highest BCUT2D eigenvalue weighted by atomic mass is 79.9. The number of carbonyl (C=O) groups is 1. The fourth-order valence-corrected chi connectivity index (χ4v) is 1.94. The number of aliphatic carboxylic acids is 1. The quantitative estimate of drug-likeness (QED) is 0.939. The number of carboxylic acids is 1. The zero-order chi connectivity index (χ0) is 12.4. The molecule has 0 amide bonds. The molecule has 2 aromatic heterocycles. The highest BCUT2D eigenvalue weighted by Gasteiger charge is 2.11. The summed E-state index contributed by atoms with van der Waals surface area (Å²) in [6.07, 6.45) is 2.07. The first-order valence-electron chi connectivity index (χ1n) is 4.90. The van der Waals surface area contributed by atoms with E-state index in [1.165, 1.54) is 0 Å². The van der Waals surface area contributed by atoms with Gasteiger partial charge in [0.25, 0.3) is 0 Å². The third-order valence-electron chi connectivity index (χ3n) is 2.34. The maximum atomic E-state index is 10.5. The van der Waals surface area contributed by atoms with Gasteiger partial charge in [0.15, 0.2) is 5.69 Å². The maximum absolute atomic E-state index is 10.5. The Morgan fingerprint density at radius 1 is 1.59 bits per heavy atom. The zero-order valence-electron chi connectivity index (χ0n) is 8.72. The number of carboxylic acid groups (broad SMARTS) is 1. The van der Waals surface area contributed by atoms with Crippen molar-refractivity contribution in [2.75, 3.05) is 0 Å². The smallest absolute Gasteiger partial charge is 0.303 e. The van der Waals surface area contributed by atoms with E-state index in [1.54, 1.807) is 16.7 Å². The van der Waals surface area contributed by atoms with Crippen LogP contribution in [0.2, 0.25) is 0 Å². The molecule has 2 aromatic rings. The van der Waals surface area contributed by atoms with Gasteiger partial charge in [-0.2, -0.15) is 5.26 Å². The van der Waals surface area contributed by atoms with Gasteiger partial charge in [0.2, 0.25) is 0 Å². The fourth-order valence-electron chi connectivity index (χ4n) is 1.60. The van der Waals surface area contributed by atoms with Crippen molar-refractivity contribution in [2.24, 2.45) is 0 Å². The molecule has 17 heavy (non-hydrogen) atoms. The molecule has 0 bridgehead atoms. The zero-order valence-corrected chi connectivity index (χ0v) is 10.3. The van der Waals surface area contributed by atoms with E-state index in [0.717, 1.165) is 4.47 Å². The molecule has 0 atom stereocenters. The predicted octanol–water partition coefficient (Wildman–Crippen LogP) is 1.99. The van der Waals surface area contributed by atoms with E-state index < -0.39 is 5.97 Å². The lowest BCUT2D eigenvalue weighted by Crippen LogP contribution is -2.01. The minimum atomic E-state index is -0.879. The van der Waals surface area contributed by atoms with Gasteiger partial charge in [0.05, 0.1) is 11.9 Å². The van der Waals surface area contributed by atoms with E-state index in [4.69, 9.17) is 10.4 Å². The Kier molecular flexibility index (Phi) is 3.11. The third kappa shape index (κ3) is 2.29. The van der Waals surface area contributed by atoms with Gasteiger partial charge in [-0.15, -0.1) is 0 Å². The van der Waals surface area contributed by atoms with Crippen LogP contribution in [-0.2, 0) is 11.2 Å². The molecular weight excluding hydrogens is 286 g/mol. The topological polar surface area (TPSA) is 78.4 Å². The molecule has 0 saturated heterocycles. The Labute approximate surface area is 105 Å². The third-order valence-corrected chi connectivity index (χ3v) is 2.81. The molecule has 0 spiro atoms. The second-order valence-corrected chi connectivity index (χ2v) is 4.40. The summed E-state index contributed by atoms with van der Waals surface area (Å²) < 4.78 is 2.59. The van der Waals surface area contributed by atoms with E-state index in [9.17, 15) is 4.79 Å². The van der Waals surface area contributed by atoms with Crippen molar-refractivity contribution in [3.05, 3.63) is 34.3 Å². The maximum Gasteiger partial charge on any atom is 0.303 e. The first-order valence-corrected chi connectivity index (χ1v) is 5.69. The van der Waals surface area contributed by atoms with Crippen molar-refractivity contribution in [3.63, 3.8) is 0 Å². The second kappa shape index (κ2) is 4.55. The Hall–Kier alpha value is -1.87. The van der Waals surface area contributed by atoms with Crippen LogP contribution >= 0.6 is 15.9 Å². The van der Waals surface area contributed by atoms with Crippen molar-refractivity contribution in [1.29, 1.82) is 5.26 Å². The number of aryl methyl sites for hydroxylation is 1. The average Bonchev–Trinajstić information content (AvgIpc) is 2.63. The van der Waals surface area contributed by atoms with Crippen LogP contribution in [-0.4, -0.2) is 20.5 Å². The number of halogens is 1. The molecule has 1 N–H and O–H groups in total. The Bertz CT molecular complexity index is 627. The molecule has 0 unspecified atom stereocenters. The molecule has 0 saturated carbocycles. The molecule has 0 aliphatic rings. The number of fused-ring (bicyclic) bond motifs is 1. The van der Waals surface area contributed by atoms with Gasteiger partial charge in [-0.1, -0.05) is 0 Å². The molecular formula is C11H8BrN3O2. The van der Waals surface area contributed by atoms with Crippen molar-refractivity contribution in [1.82, 2.24) is 9.38 Å². The number of hydrogen-bond acceptors (Lipinski definition) is 3. The minimum absolute atomic E-state index is 0.00348. The van der Waals surface area contributed by atoms with Crippen LogP contribution in [0.15, 0.2) is 22.8 Å². The van der Waals surface area contributed by atoms with Gasteiger partial charge in [-0.25, -0.2) is 4.98 Å². The SMILES string of the molecule is N#Cc1nc(CCC(=O)O)n2cc(Br)ccc12. The number of imidazole rings is 1. The average molecular weight is 294 g/mol. The number of hydrogen-bond donors (Lipinski definition) is 1. The summed E-state index contributed by atoms with van der Waals surface area (Å²) in [4.78, 5) is 14.7. The van der Waals surface area contributed by atoms with Gasteiger partial charge >= 0.3 is 5.97 Å². The van der Waals surface area contributed by atoms with Gasteiger partial charge < -0.3 is 9.51 Å². The highest BCUT2D eigenvalue weighted by molar-refractivity contribution is 9.10. The Balaban J connectivity index is 2.51. The van der Waals surface area contributed by atoms with Gasteiger partial charge in [-0.05, 0) is 28.1 Å². The van der Waals surface area contributed by atoms with Crippen molar-refractivity contribution in [3.8, 4) is 6.07 Å². The van der Waals surface area contributed by atoms with Crippen LogP contribution in [0.3, 0.4) is 0 Å². The minimum Gasteiger partial charge on any atom is -0.481 e. The van der Waals surface area contributed by atoms with Crippen LogP contribution < -0.4 is 0 Å². The van der Waals surface area contributed by atoms with E-state index in [0.29, 0.717) is 23.5 Å². The lowest BCUT2D eigenvalue weighted by atomic mass is 10.3. The summed E-state index contributed by atoms with van der Waals surface area (Å²) >= 11 is 3.33. The largest absolute Gasteiger partial charge is 0.481 e. The van der Waals surface area contributed by atoms with Crippen molar-refractivity contribution < 1.29 is 9.90 Å². The molecule has 0 aliphatic heterocycles. The van der Waals surface area contributed by atoms with Crippen LogP contribution in [0.5, 0.6) is 0 Å². The van der Waals surface area contributed by atoms with Crippen LogP contribution in [0.1, 0.15) is 17.9 Å². The van der Waals surface area contributed by atoms with E-state index in [2.05, 4.69) is 20.9 Å². The van der Waals surface area contributed by atoms with Gasteiger partial charge in [-0.3, -0.25) is 4.79 Å². The van der Waals surface area contributed by atoms with E-state index in [1.807, 2.05) is 12.1 Å². The van der Waals surface area contributed by atoms with Crippen molar-refractivity contribution >= 4 is 27.4 Å². The lowest BCUT2D eigenvalue weighted by molar-refractivity contribution is -0.137. The normalized spacial score (nSPS) is 10.4. The molecule has 5 nitrogen and oxygen atoms in total. The number of nitrogens with zero attached hydrogens (tertiary/aromatic N) is 3. The molecule has 0 aliphatic carbocycles. The highest BCUT2D eigenvalue weighted by Crippen LogP contribution is 2.18. The number of aromatic nitrogens is 2. The number of rotatable bonds is 3. The van der Waals surface area contributed by atoms with Crippen molar-refractivity contribution in [2.45, 2.75) is 12.8 Å². The van der Waals surface area contributed by atoms with Gasteiger partial charge in [0.1, 0.15) is 11.9 Å². The molecule has 0 fully saturated rings. The standard InChI is InChI=1S/C11H8BrN3O2/c12-7-1-2-9-8(5-13)14-10(15(9)6-7)3-4-11(16)17/h1-2,6H,3-4H2,(H,16,17). The first kappa shape index (κ1) is 11.6. The van der Waals surface area contributed by atoms with Crippen LogP contribution in [0.25, 0.3) is 5.52 Å². The van der Waals surface area contributed by atoms with E-state index in [-0.39, 0.29) is 6.42 Å². The molecule has 2 heterocycles. The second-order valence-electron chi connectivity index (χ2n) is 3.48. The molecule has 2 rings (SSSR count). The summed E-state index contributed by atoms with van der Waals surface area (Å²) in [5, 5.41) is 17.6. The summed E-state index contributed by atoms with van der Waals surface area (Å²) in [6, 6.07) is 5.60. The predicted molar refractivity (Wildman–Crippen MR) is 63.6 cm³/mol. The Morgan fingerprint density at radius 2 is 2.35 bits per heavy atom. The van der Waals surface area contributed by atoms with Crippen LogP contribution in [0, 0.1) is 11.3 Å². The lowest BCUT2D eigenvalue weighted by Gasteiger charge is -1.99. The molecule has 0 radical (unpaired) electrons. The summed E-state index contributed by atoms with van der Waals surface area (Å²) in [7, 11) is 0. The summed E-state index contributed by atoms with van der Waals surface area (Å²) in [5.41, 5.74) is 1.01. The van der Waals surface area contributed by atoms with E-state index >= 15 is 0 Å². The van der Waals surface area contributed by atoms with Crippen LogP contribution in [0.4, 0.5) is 0 Å². The molecule has 0 aromatic carbocycles. The number of pyridine rings is 1. The molecule has 6 heteroatoms. The number of nitriles is 1. The van der Waals surface area contributed by atoms with Gasteiger partial charge in [0, 0.05) is 17.1 Å². The molecule has 86 valence electrons.